The summed E-state index contributed by atoms with van der Waals surface area (Å²) in [5.41, 5.74) is 1.91. The number of anilines is 2. The van der Waals surface area contributed by atoms with E-state index in [9.17, 15) is 14.4 Å². The Bertz CT molecular complexity index is 801. The lowest BCUT2D eigenvalue weighted by Crippen LogP contribution is -3.14. The largest absolute Gasteiger partial charge is 0.360 e. The predicted molar refractivity (Wildman–Crippen MR) is 115 cm³/mol. The molecule has 160 valence electrons. The Hall–Kier alpha value is -2.67. The number of likely N-dealkylation sites (tertiary alicyclic amines) is 1. The summed E-state index contributed by atoms with van der Waals surface area (Å²) in [7, 11) is 0. The highest BCUT2D eigenvalue weighted by Gasteiger charge is 2.46. The van der Waals surface area contributed by atoms with Crippen molar-refractivity contribution in [2.24, 2.45) is 11.8 Å². The Morgan fingerprint density at radius 2 is 1.63 bits per heavy atom. The maximum atomic E-state index is 12.5. The van der Waals surface area contributed by atoms with Crippen molar-refractivity contribution >= 4 is 29.1 Å². The van der Waals surface area contributed by atoms with Gasteiger partial charge in [0, 0.05) is 24.3 Å². The van der Waals surface area contributed by atoms with Crippen molar-refractivity contribution in [3.63, 3.8) is 0 Å². The molecule has 0 aromatic heterocycles. The van der Waals surface area contributed by atoms with Gasteiger partial charge in [-0.2, -0.15) is 0 Å². The fraction of sp³-hybridized carbons (Fsp3) is 0.522. The first-order chi connectivity index (χ1) is 14.6. The minimum atomic E-state index is -0.237. The van der Waals surface area contributed by atoms with Crippen molar-refractivity contribution < 1.29 is 19.3 Å². The van der Waals surface area contributed by atoms with E-state index in [4.69, 9.17) is 0 Å². The molecule has 1 aliphatic carbocycles. The summed E-state index contributed by atoms with van der Waals surface area (Å²) < 4.78 is 0. The minimum absolute atomic E-state index is 0.119. The molecule has 3 aliphatic rings. The predicted octanol–water partition coefficient (Wildman–Crippen LogP) is 0.691. The molecule has 2 N–H and O–H groups in total. The quantitative estimate of drug-likeness (QED) is 0.534. The summed E-state index contributed by atoms with van der Waals surface area (Å²) >= 11 is 0. The van der Waals surface area contributed by atoms with E-state index in [1.165, 1.54) is 17.1 Å². The zero-order valence-electron chi connectivity index (χ0n) is 17.6. The number of hydrogen-bond donors (Lipinski definition) is 2. The number of benzene rings is 1. The molecule has 1 aromatic rings. The molecule has 2 saturated heterocycles. The van der Waals surface area contributed by atoms with Crippen LogP contribution in [0.2, 0.25) is 0 Å². The van der Waals surface area contributed by atoms with Gasteiger partial charge in [0.05, 0.1) is 44.6 Å². The van der Waals surface area contributed by atoms with Crippen molar-refractivity contribution in [1.82, 2.24) is 4.90 Å². The second-order valence-electron chi connectivity index (χ2n) is 8.42. The van der Waals surface area contributed by atoms with Gasteiger partial charge in [-0.25, -0.2) is 0 Å². The molecule has 0 unspecified atom stereocenters. The third-order valence-electron chi connectivity index (χ3n) is 6.65. The molecule has 4 rings (SSSR count). The van der Waals surface area contributed by atoms with Crippen LogP contribution in [0.5, 0.6) is 0 Å². The zero-order valence-corrected chi connectivity index (χ0v) is 17.6. The molecule has 0 bridgehead atoms. The Balaban J connectivity index is 1.26. The van der Waals surface area contributed by atoms with E-state index in [0.29, 0.717) is 12.8 Å². The highest BCUT2D eigenvalue weighted by molar-refractivity contribution is 6.05. The van der Waals surface area contributed by atoms with E-state index >= 15 is 0 Å². The first-order valence-electron chi connectivity index (χ1n) is 11.1. The van der Waals surface area contributed by atoms with Crippen molar-refractivity contribution in [2.45, 2.75) is 26.2 Å². The molecule has 2 atom stereocenters. The number of fused-ring (bicyclic) bond motifs is 1. The number of hydrogen-bond acceptors (Lipinski definition) is 4. The van der Waals surface area contributed by atoms with Crippen LogP contribution in [-0.4, -0.2) is 61.9 Å². The van der Waals surface area contributed by atoms with Crippen LogP contribution < -0.4 is 15.1 Å². The average Bonchev–Trinajstić information content (AvgIpc) is 3.03. The number of allylic oxidation sites excluding steroid dienone is 2. The standard InChI is InChI=1S/C23H30N4O3/c1-2-25-13-15-26(16-14-25)18-9-7-17(8-10-18)24-21(28)11-12-27-22(29)19-5-3-4-6-20(19)23(27)30/h3-4,7-10,19-20H,2,5-6,11-16H2,1H3,(H,24,28)/p+1/t19-,20+. The van der Waals surface area contributed by atoms with E-state index in [1.54, 1.807) is 4.90 Å². The molecule has 30 heavy (non-hydrogen) atoms. The van der Waals surface area contributed by atoms with Crippen molar-refractivity contribution in [1.29, 1.82) is 0 Å². The maximum absolute atomic E-state index is 12.5. The van der Waals surface area contributed by atoms with Gasteiger partial charge in [0.25, 0.3) is 0 Å². The number of rotatable bonds is 6. The van der Waals surface area contributed by atoms with Gasteiger partial charge in [-0.1, -0.05) is 12.2 Å². The van der Waals surface area contributed by atoms with Crippen LogP contribution in [0.1, 0.15) is 26.2 Å². The van der Waals surface area contributed by atoms with E-state index in [0.717, 1.165) is 31.9 Å². The number of nitrogens with one attached hydrogen (secondary N) is 2. The molecule has 1 aromatic carbocycles. The third kappa shape index (κ3) is 4.26. The number of amides is 3. The monoisotopic (exact) mass is 411 g/mol. The lowest BCUT2D eigenvalue weighted by molar-refractivity contribution is -0.898. The Morgan fingerprint density at radius 1 is 1.03 bits per heavy atom. The molecular weight excluding hydrogens is 380 g/mol. The van der Waals surface area contributed by atoms with Gasteiger partial charge >= 0.3 is 0 Å². The first kappa shape index (κ1) is 20.6. The topological polar surface area (TPSA) is 74.2 Å². The molecular formula is C23H31N4O3+. The van der Waals surface area contributed by atoms with Gasteiger partial charge in [-0.15, -0.1) is 0 Å². The molecule has 7 nitrogen and oxygen atoms in total. The SMILES string of the molecule is CC[NH+]1CCN(c2ccc(NC(=O)CCN3C(=O)[C@H]4CC=CC[C@H]4C3=O)cc2)CC1. The number of imide groups is 1. The third-order valence-corrected chi connectivity index (χ3v) is 6.65. The lowest BCUT2D eigenvalue weighted by Gasteiger charge is -2.33. The zero-order chi connectivity index (χ0) is 21.1. The number of carbonyl (C=O) groups is 3. The molecule has 3 amide bonds. The summed E-state index contributed by atoms with van der Waals surface area (Å²) in [6.07, 6.45) is 5.31. The normalized spacial score (nSPS) is 24.3. The Morgan fingerprint density at radius 3 is 2.20 bits per heavy atom. The molecule has 0 radical (unpaired) electrons. The number of piperazine rings is 1. The molecule has 0 saturated carbocycles. The number of carbonyl (C=O) groups excluding carboxylic acids is 3. The van der Waals surface area contributed by atoms with Crippen LogP contribution in [0.25, 0.3) is 0 Å². The number of quaternary nitrogens is 1. The van der Waals surface area contributed by atoms with Gasteiger partial charge < -0.3 is 15.1 Å². The lowest BCUT2D eigenvalue weighted by atomic mass is 9.85. The van der Waals surface area contributed by atoms with E-state index in [1.807, 2.05) is 36.4 Å². The van der Waals surface area contributed by atoms with Crippen LogP contribution in [0, 0.1) is 11.8 Å². The summed E-state index contributed by atoms with van der Waals surface area (Å²) in [4.78, 5) is 42.6. The molecule has 7 heteroatoms. The fourth-order valence-corrected chi connectivity index (χ4v) is 4.72. The van der Waals surface area contributed by atoms with Crippen molar-refractivity contribution in [3.8, 4) is 0 Å². The van der Waals surface area contributed by atoms with Crippen molar-refractivity contribution in [3.05, 3.63) is 36.4 Å². The second kappa shape index (κ2) is 9.00. The molecule has 2 heterocycles. The van der Waals surface area contributed by atoms with E-state index in [2.05, 4.69) is 17.1 Å². The first-order valence-corrected chi connectivity index (χ1v) is 11.1. The van der Waals surface area contributed by atoms with E-state index in [-0.39, 0.29) is 42.5 Å². The van der Waals surface area contributed by atoms with Gasteiger partial charge in [0.2, 0.25) is 17.7 Å². The van der Waals surface area contributed by atoms with Gasteiger partial charge in [-0.3, -0.25) is 19.3 Å². The minimum Gasteiger partial charge on any atom is -0.360 e. The van der Waals surface area contributed by atoms with Crippen LogP contribution in [0.3, 0.4) is 0 Å². The van der Waals surface area contributed by atoms with E-state index < -0.39 is 0 Å². The maximum Gasteiger partial charge on any atom is 0.233 e. The highest BCUT2D eigenvalue weighted by atomic mass is 16.2. The highest BCUT2D eigenvalue weighted by Crippen LogP contribution is 2.35. The summed E-state index contributed by atoms with van der Waals surface area (Å²) in [6.45, 7) is 7.95. The smallest absolute Gasteiger partial charge is 0.233 e. The molecule has 2 fully saturated rings. The molecule has 0 spiro atoms. The van der Waals surface area contributed by atoms with Gasteiger partial charge in [0.1, 0.15) is 0 Å². The Kier molecular flexibility index (Phi) is 6.18. The van der Waals surface area contributed by atoms with Crippen LogP contribution >= 0.6 is 0 Å². The van der Waals surface area contributed by atoms with Gasteiger partial charge in [-0.05, 0) is 44.0 Å². The summed E-state index contributed by atoms with van der Waals surface area (Å²) in [5, 5.41) is 2.88. The Labute approximate surface area is 177 Å². The van der Waals surface area contributed by atoms with Crippen molar-refractivity contribution in [2.75, 3.05) is 49.5 Å². The van der Waals surface area contributed by atoms with Crippen LogP contribution in [0.15, 0.2) is 36.4 Å². The fourth-order valence-electron chi connectivity index (χ4n) is 4.72. The number of likely N-dealkylation sites (N-methyl/N-ethyl adjacent to an activating group) is 1. The summed E-state index contributed by atoms with van der Waals surface area (Å²) in [5.74, 6) is -0.915. The molecule has 2 aliphatic heterocycles. The number of nitrogens with zero attached hydrogens (tertiary/aromatic N) is 2. The van der Waals surface area contributed by atoms with Crippen LogP contribution in [0.4, 0.5) is 11.4 Å². The second-order valence-corrected chi connectivity index (χ2v) is 8.42. The van der Waals surface area contributed by atoms with Gasteiger partial charge in [0.15, 0.2) is 0 Å². The average molecular weight is 412 g/mol. The van der Waals surface area contributed by atoms with Crippen LogP contribution in [-0.2, 0) is 14.4 Å². The summed E-state index contributed by atoms with van der Waals surface area (Å²) in [6, 6.07) is 7.91.